The predicted molar refractivity (Wildman–Crippen MR) is 54.3 cm³/mol. The molecule has 2 unspecified atom stereocenters. The van der Waals surface area contributed by atoms with Gasteiger partial charge in [-0.2, -0.15) is 0 Å². The van der Waals surface area contributed by atoms with E-state index in [4.69, 9.17) is 4.74 Å². The largest absolute Gasteiger partial charge is 0.382 e. The van der Waals surface area contributed by atoms with Crippen molar-refractivity contribution in [2.45, 2.75) is 47.0 Å². The summed E-state index contributed by atoms with van der Waals surface area (Å²) in [6.45, 7) is 10.8. The van der Waals surface area contributed by atoms with Gasteiger partial charge in [-0.15, -0.1) is 0 Å². The van der Waals surface area contributed by atoms with E-state index >= 15 is 0 Å². The normalized spacial score (nSPS) is 16.0. The predicted octanol–water partition coefficient (Wildman–Crippen LogP) is 3.49. The van der Waals surface area contributed by atoms with Gasteiger partial charge < -0.3 is 4.74 Å². The highest BCUT2D eigenvalue weighted by molar-refractivity contribution is 4.63. The van der Waals surface area contributed by atoms with E-state index in [9.17, 15) is 0 Å². The molecular formula is C11H24O. The van der Waals surface area contributed by atoms with Gasteiger partial charge in [0.25, 0.3) is 0 Å². The number of hydrogen-bond acceptors (Lipinski definition) is 1. The third-order valence-electron chi connectivity index (χ3n) is 2.81. The molecule has 0 spiro atoms. The minimum Gasteiger partial charge on any atom is -0.382 e. The zero-order valence-corrected chi connectivity index (χ0v) is 9.10. The molecule has 2 atom stereocenters. The van der Waals surface area contributed by atoms with Gasteiger partial charge in [0.1, 0.15) is 0 Å². The summed E-state index contributed by atoms with van der Waals surface area (Å²) in [5.74, 6) is 1.72. The first-order valence-corrected chi connectivity index (χ1v) is 5.33. The van der Waals surface area contributed by atoms with Crippen molar-refractivity contribution in [1.29, 1.82) is 0 Å². The summed E-state index contributed by atoms with van der Waals surface area (Å²) in [5, 5.41) is 0. The molecule has 1 heteroatoms. The Morgan fingerprint density at radius 1 is 1.08 bits per heavy atom. The van der Waals surface area contributed by atoms with Crippen molar-refractivity contribution in [2.24, 2.45) is 11.8 Å². The molecule has 0 rings (SSSR count). The molecule has 12 heavy (non-hydrogen) atoms. The molecule has 0 aromatic carbocycles. The lowest BCUT2D eigenvalue weighted by molar-refractivity contribution is 0.121. The molecule has 0 aliphatic carbocycles. The van der Waals surface area contributed by atoms with Gasteiger partial charge in [-0.3, -0.25) is 0 Å². The van der Waals surface area contributed by atoms with Gasteiger partial charge in [-0.1, -0.05) is 33.6 Å². The van der Waals surface area contributed by atoms with Crippen LogP contribution < -0.4 is 0 Å². The fraction of sp³-hybridized carbons (Fsp3) is 1.00. The van der Waals surface area contributed by atoms with Crippen LogP contribution in [0.4, 0.5) is 0 Å². The van der Waals surface area contributed by atoms with E-state index in [2.05, 4.69) is 27.7 Å². The van der Waals surface area contributed by atoms with Crippen molar-refractivity contribution in [3.8, 4) is 0 Å². The SMILES string of the molecule is CCOCCC(CC)C(C)CC. The van der Waals surface area contributed by atoms with Gasteiger partial charge in [0.05, 0.1) is 0 Å². The minimum absolute atomic E-state index is 0.857. The lowest BCUT2D eigenvalue weighted by atomic mass is 9.87. The average molecular weight is 172 g/mol. The van der Waals surface area contributed by atoms with Crippen molar-refractivity contribution in [3.05, 3.63) is 0 Å². The summed E-state index contributed by atoms with van der Waals surface area (Å²) >= 11 is 0. The lowest BCUT2D eigenvalue weighted by Gasteiger charge is -2.20. The molecule has 0 amide bonds. The summed E-state index contributed by atoms with van der Waals surface area (Å²) in [6, 6.07) is 0. The fourth-order valence-electron chi connectivity index (χ4n) is 1.60. The maximum absolute atomic E-state index is 5.36. The molecule has 0 aromatic heterocycles. The lowest BCUT2D eigenvalue weighted by Crippen LogP contribution is -2.12. The number of ether oxygens (including phenoxy) is 1. The van der Waals surface area contributed by atoms with E-state index < -0.39 is 0 Å². The Morgan fingerprint density at radius 2 is 1.75 bits per heavy atom. The molecule has 0 aliphatic rings. The van der Waals surface area contributed by atoms with E-state index in [0.29, 0.717) is 0 Å². The molecular weight excluding hydrogens is 148 g/mol. The van der Waals surface area contributed by atoms with Crippen LogP contribution >= 0.6 is 0 Å². The Hall–Kier alpha value is -0.0400. The Balaban J connectivity index is 3.52. The molecule has 0 saturated carbocycles. The second kappa shape index (κ2) is 7.60. The van der Waals surface area contributed by atoms with Gasteiger partial charge in [0.2, 0.25) is 0 Å². The molecule has 0 heterocycles. The molecule has 0 N–H and O–H groups in total. The first-order valence-electron chi connectivity index (χ1n) is 5.33. The molecule has 0 radical (unpaired) electrons. The van der Waals surface area contributed by atoms with Crippen LogP contribution in [0.5, 0.6) is 0 Å². The molecule has 0 fully saturated rings. The van der Waals surface area contributed by atoms with Crippen LogP contribution in [0.3, 0.4) is 0 Å². The topological polar surface area (TPSA) is 9.23 Å². The van der Waals surface area contributed by atoms with Crippen molar-refractivity contribution >= 4 is 0 Å². The number of hydrogen-bond donors (Lipinski definition) is 0. The summed E-state index contributed by atoms with van der Waals surface area (Å²) in [4.78, 5) is 0. The first kappa shape index (κ1) is 12.0. The monoisotopic (exact) mass is 172 g/mol. The van der Waals surface area contributed by atoms with Crippen molar-refractivity contribution in [1.82, 2.24) is 0 Å². The highest BCUT2D eigenvalue weighted by atomic mass is 16.5. The third-order valence-corrected chi connectivity index (χ3v) is 2.81. The average Bonchev–Trinajstić information content (AvgIpc) is 2.11. The Morgan fingerprint density at radius 3 is 2.17 bits per heavy atom. The summed E-state index contributed by atoms with van der Waals surface area (Å²) in [5.41, 5.74) is 0. The van der Waals surface area contributed by atoms with Crippen molar-refractivity contribution in [3.63, 3.8) is 0 Å². The number of rotatable bonds is 7. The highest BCUT2D eigenvalue weighted by Gasteiger charge is 2.12. The smallest absolute Gasteiger partial charge is 0.0468 e. The van der Waals surface area contributed by atoms with E-state index in [-0.39, 0.29) is 0 Å². The third kappa shape index (κ3) is 4.76. The zero-order chi connectivity index (χ0) is 9.40. The minimum atomic E-state index is 0.857. The first-order chi connectivity index (χ1) is 5.76. The van der Waals surface area contributed by atoms with E-state index in [1.807, 2.05) is 0 Å². The van der Waals surface area contributed by atoms with Crippen LogP contribution in [0, 0.1) is 11.8 Å². The van der Waals surface area contributed by atoms with Crippen LogP contribution in [-0.2, 0) is 4.74 Å². The maximum atomic E-state index is 5.36. The Labute approximate surface area is 77.5 Å². The molecule has 0 aliphatic heterocycles. The van der Waals surface area contributed by atoms with Crippen LogP contribution in [0.2, 0.25) is 0 Å². The molecule has 0 saturated heterocycles. The molecule has 0 bridgehead atoms. The van der Waals surface area contributed by atoms with E-state index in [1.54, 1.807) is 0 Å². The highest BCUT2D eigenvalue weighted by Crippen LogP contribution is 2.21. The second-order valence-corrected chi connectivity index (χ2v) is 3.54. The summed E-state index contributed by atoms with van der Waals surface area (Å²) < 4.78 is 5.36. The fourth-order valence-corrected chi connectivity index (χ4v) is 1.60. The Bertz CT molecular complexity index is 91.0. The van der Waals surface area contributed by atoms with Crippen molar-refractivity contribution in [2.75, 3.05) is 13.2 Å². The maximum Gasteiger partial charge on any atom is 0.0468 e. The second-order valence-electron chi connectivity index (χ2n) is 3.54. The van der Waals surface area contributed by atoms with Crippen LogP contribution in [0.1, 0.15) is 47.0 Å². The van der Waals surface area contributed by atoms with Gasteiger partial charge in [-0.25, -0.2) is 0 Å². The summed E-state index contributed by atoms with van der Waals surface area (Å²) in [6.07, 6.45) is 3.83. The Kier molecular flexibility index (Phi) is 7.58. The summed E-state index contributed by atoms with van der Waals surface area (Å²) in [7, 11) is 0. The van der Waals surface area contributed by atoms with Gasteiger partial charge in [0.15, 0.2) is 0 Å². The van der Waals surface area contributed by atoms with E-state index in [0.717, 1.165) is 25.0 Å². The molecule has 74 valence electrons. The standard InChI is InChI=1S/C11H24O/c1-5-10(4)11(6-2)8-9-12-7-3/h10-11H,5-9H2,1-4H3. The van der Waals surface area contributed by atoms with Gasteiger partial charge in [-0.05, 0) is 25.2 Å². The molecule has 0 aromatic rings. The quantitative estimate of drug-likeness (QED) is 0.534. The van der Waals surface area contributed by atoms with Crippen LogP contribution in [0.25, 0.3) is 0 Å². The van der Waals surface area contributed by atoms with Crippen molar-refractivity contribution < 1.29 is 4.74 Å². The van der Waals surface area contributed by atoms with Gasteiger partial charge >= 0.3 is 0 Å². The van der Waals surface area contributed by atoms with E-state index in [1.165, 1.54) is 19.3 Å². The zero-order valence-electron chi connectivity index (χ0n) is 9.10. The van der Waals surface area contributed by atoms with Gasteiger partial charge in [0, 0.05) is 13.2 Å². The van der Waals surface area contributed by atoms with Crippen LogP contribution in [-0.4, -0.2) is 13.2 Å². The molecule has 1 nitrogen and oxygen atoms in total. The van der Waals surface area contributed by atoms with Crippen LogP contribution in [0.15, 0.2) is 0 Å².